The summed E-state index contributed by atoms with van der Waals surface area (Å²) in [4.78, 5) is 3.94. The van der Waals surface area contributed by atoms with E-state index < -0.39 is 0 Å². The molecule has 0 saturated carbocycles. The summed E-state index contributed by atoms with van der Waals surface area (Å²) in [5.74, 6) is 1.33. The van der Waals surface area contributed by atoms with Crippen LogP contribution in [0.2, 0.25) is 0 Å². The molecule has 2 heterocycles. The Bertz CT molecular complexity index is 349. The van der Waals surface area contributed by atoms with Crippen molar-refractivity contribution in [2.75, 3.05) is 19.7 Å². The Kier molecular flexibility index (Phi) is 3.15. The maximum Gasteiger partial charge on any atom is 0.140 e. The van der Waals surface area contributed by atoms with Crippen LogP contribution in [0.3, 0.4) is 0 Å². The van der Waals surface area contributed by atoms with Gasteiger partial charge in [-0.05, 0) is 25.1 Å². The number of rotatable bonds is 3. The van der Waals surface area contributed by atoms with Crippen molar-refractivity contribution in [3.8, 4) is 11.8 Å². The van der Waals surface area contributed by atoms with Gasteiger partial charge in [-0.3, -0.25) is 0 Å². The van der Waals surface area contributed by atoms with Gasteiger partial charge >= 0.3 is 0 Å². The van der Waals surface area contributed by atoms with Crippen LogP contribution in [0.15, 0.2) is 18.3 Å². The molecule has 4 nitrogen and oxygen atoms in total. The summed E-state index contributed by atoms with van der Waals surface area (Å²) in [6, 6.07) is 5.43. The number of ether oxygens (including phenoxy) is 1. The van der Waals surface area contributed by atoms with Crippen molar-refractivity contribution < 1.29 is 4.74 Å². The highest BCUT2D eigenvalue weighted by atomic mass is 16.5. The smallest absolute Gasteiger partial charge is 0.140 e. The highest BCUT2D eigenvalue weighted by Crippen LogP contribution is 2.13. The van der Waals surface area contributed by atoms with E-state index in [1.165, 1.54) is 6.42 Å². The van der Waals surface area contributed by atoms with Crippen molar-refractivity contribution in [3.63, 3.8) is 0 Å². The third-order valence-electron chi connectivity index (χ3n) is 2.50. The monoisotopic (exact) mass is 203 g/mol. The topological polar surface area (TPSA) is 57.9 Å². The van der Waals surface area contributed by atoms with E-state index in [0.717, 1.165) is 25.4 Å². The van der Waals surface area contributed by atoms with E-state index in [1.807, 2.05) is 6.07 Å². The van der Waals surface area contributed by atoms with E-state index in [0.29, 0.717) is 11.6 Å². The molecule has 4 heteroatoms. The van der Waals surface area contributed by atoms with Gasteiger partial charge in [0.1, 0.15) is 17.5 Å². The van der Waals surface area contributed by atoms with Crippen LogP contribution in [0, 0.1) is 17.2 Å². The number of hydrogen-bond acceptors (Lipinski definition) is 4. The minimum absolute atomic E-state index is 0.421. The molecule has 0 amide bonds. The summed E-state index contributed by atoms with van der Waals surface area (Å²) >= 11 is 0. The predicted molar refractivity (Wildman–Crippen MR) is 55.4 cm³/mol. The van der Waals surface area contributed by atoms with Crippen molar-refractivity contribution in [3.05, 3.63) is 24.0 Å². The summed E-state index contributed by atoms with van der Waals surface area (Å²) in [7, 11) is 0. The lowest BCUT2D eigenvalue weighted by molar-refractivity contribution is 0.259. The third kappa shape index (κ3) is 2.67. The number of nitrogens with one attached hydrogen (secondary N) is 1. The molecule has 1 atom stereocenters. The van der Waals surface area contributed by atoms with Gasteiger partial charge in [0.05, 0.1) is 12.8 Å². The highest BCUT2D eigenvalue weighted by molar-refractivity contribution is 5.26. The van der Waals surface area contributed by atoms with Gasteiger partial charge in [-0.15, -0.1) is 0 Å². The fourth-order valence-electron chi connectivity index (χ4n) is 1.60. The third-order valence-corrected chi connectivity index (χ3v) is 2.50. The van der Waals surface area contributed by atoms with Crippen molar-refractivity contribution in [2.45, 2.75) is 6.42 Å². The van der Waals surface area contributed by atoms with Gasteiger partial charge in [0, 0.05) is 12.5 Å². The lowest BCUT2D eigenvalue weighted by Gasteiger charge is -2.09. The number of pyridine rings is 1. The van der Waals surface area contributed by atoms with E-state index in [4.69, 9.17) is 10.00 Å². The molecule has 0 aliphatic carbocycles. The van der Waals surface area contributed by atoms with Gasteiger partial charge < -0.3 is 10.1 Å². The molecule has 0 spiro atoms. The summed E-state index contributed by atoms with van der Waals surface area (Å²) in [5.41, 5.74) is 0.421. The summed E-state index contributed by atoms with van der Waals surface area (Å²) in [6.07, 6.45) is 2.77. The molecule has 0 radical (unpaired) electrons. The average molecular weight is 203 g/mol. The molecule has 78 valence electrons. The molecule has 0 aromatic carbocycles. The van der Waals surface area contributed by atoms with Crippen molar-refractivity contribution in [1.29, 1.82) is 5.26 Å². The first-order chi connectivity index (χ1) is 7.38. The Morgan fingerprint density at radius 3 is 3.13 bits per heavy atom. The SMILES string of the molecule is N#Cc1ccc(OCC2CCNC2)cn1. The molecule has 1 N–H and O–H groups in total. The average Bonchev–Trinajstić information content (AvgIpc) is 2.80. The molecule has 1 aliphatic heterocycles. The molecular formula is C11H13N3O. The molecule has 15 heavy (non-hydrogen) atoms. The minimum Gasteiger partial charge on any atom is -0.492 e. The number of nitrogens with zero attached hydrogens (tertiary/aromatic N) is 2. The van der Waals surface area contributed by atoms with Crippen molar-refractivity contribution in [1.82, 2.24) is 10.3 Å². The highest BCUT2D eigenvalue weighted by Gasteiger charge is 2.14. The van der Waals surface area contributed by atoms with Gasteiger partial charge in [0.25, 0.3) is 0 Å². The first-order valence-corrected chi connectivity index (χ1v) is 5.08. The Hall–Kier alpha value is -1.60. The molecule has 0 bridgehead atoms. The van der Waals surface area contributed by atoms with Crippen molar-refractivity contribution >= 4 is 0 Å². The van der Waals surface area contributed by atoms with Gasteiger partial charge in [0.15, 0.2) is 0 Å². The second-order valence-corrected chi connectivity index (χ2v) is 3.66. The first kappa shape index (κ1) is 9.94. The summed E-state index contributed by atoms with van der Waals surface area (Å²) in [5, 5.41) is 11.9. The molecule has 1 aliphatic rings. The zero-order valence-electron chi connectivity index (χ0n) is 8.44. The van der Waals surface area contributed by atoms with E-state index in [-0.39, 0.29) is 0 Å². The maximum absolute atomic E-state index is 8.57. The van der Waals surface area contributed by atoms with Gasteiger partial charge in [-0.2, -0.15) is 5.26 Å². The second kappa shape index (κ2) is 4.76. The van der Waals surface area contributed by atoms with Crippen LogP contribution in [0.1, 0.15) is 12.1 Å². The molecule has 1 aromatic rings. The maximum atomic E-state index is 8.57. The Morgan fingerprint density at radius 1 is 1.60 bits per heavy atom. The molecule has 1 saturated heterocycles. The molecule has 1 aromatic heterocycles. The zero-order chi connectivity index (χ0) is 10.5. The van der Waals surface area contributed by atoms with E-state index in [1.54, 1.807) is 18.3 Å². The Labute approximate surface area is 88.9 Å². The summed E-state index contributed by atoms with van der Waals surface area (Å²) in [6.45, 7) is 2.84. The minimum atomic E-state index is 0.421. The standard InChI is InChI=1S/C11H13N3O/c12-5-10-1-2-11(7-14-10)15-8-9-3-4-13-6-9/h1-2,7,9,13H,3-4,6,8H2. The van der Waals surface area contributed by atoms with E-state index in [9.17, 15) is 0 Å². The lowest BCUT2D eigenvalue weighted by Crippen LogP contribution is -2.15. The zero-order valence-corrected chi connectivity index (χ0v) is 8.44. The van der Waals surface area contributed by atoms with Crippen LogP contribution in [0.4, 0.5) is 0 Å². The summed E-state index contributed by atoms with van der Waals surface area (Å²) < 4.78 is 5.58. The molecule has 1 unspecified atom stereocenters. The lowest BCUT2D eigenvalue weighted by atomic mass is 10.1. The molecular weight excluding hydrogens is 190 g/mol. The molecule has 2 rings (SSSR count). The van der Waals surface area contributed by atoms with E-state index in [2.05, 4.69) is 10.3 Å². The normalized spacial score (nSPS) is 19.8. The molecule has 1 fully saturated rings. The largest absolute Gasteiger partial charge is 0.492 e. The van der Waals surface area contributed by atoms with Crippen LogP contribution in [-0.2, 0) is 0 Å². The van der Waals surface area contributed by atoms with Crippen LogP contribution in [-0.4, -0.2) is 24.7 Å². The fourth-order valence-corrected chi connectivity index (χ4v) is 1.60. The Balaban J connectivity index is 1.85. The van der Waals surface area contributed by atoms with Gasteiger partial charge in [-0.25, -0.2) is 4.98 Å². The number of aromatic nitrogens is 1. The first-order valence-electron chi connectivity index (χ1n) is 5.08. The number of hydrogen-bond donors (Lipinski definition) is 1. The van der Waals surface area contributed by atoms with Gasteiger partial charge in [-0.1, -0.05) is 0 Å². The van der Waals surface area contributed by atoms with E-state index >= 15 is 0 Å². The van der Waals surface area contributed by atoms with Crippen LogP contribution in [0.25, 0.3) is 0 Å². The van der Waals surface area contributed by atoms with Crippen LogP contribution >= 0.6 is 0 Å². The number of nitriles is 1. The van der Waals surface area contributed by atoms with Crippen LogP contribution < -0.4 is 10.1 Å². The predicted octanol–water partition coefficient (Wildman–Crippen LogP) is 0.942. The fraction of sp³-hybridized carbons (Fsp3) is 0.455. The van der Waals surface area contributed by atoms with Gasteiger partial charge in [0.2, 0.25) is 0 Å². The van der Waals surface area contributed by atoms with Crippen LogP contribution in [0.5, 0.6) is 5.75 Å². The Morgan fingerprint density at radius 2 is 2.53 bits per heavy atom. The van der Waals surface area contributed by atoms with Crippen molar-refractivity contribution in [2.24, 2.45) is 5.92 Å². The quantitative estimate of drug-likeness (QED) is 0.794. The second-order valence-electron chi connectivity index (χ2n) is 3.66.